The Kier molecular flexibility index (Phi) is 3.95. The number of hydrogen-bond donors (Lipinski definition) is 2. The average molecular weight is 284 g/mol. The van der Waals surface area contributed by atoms with Gasteiger partial charge in [0, 0.05) is 23.6 Å². The average Bonchev–Trinajstić information content (AvgIpc) is 2.73. The summed E-state index contributed by atoms with van der Waals surface area (Å²) >= 11 is 0. The quantitative estimate of drug-likeness (QED) is 0.670. The van der Waals surface area contributed by atoms with Crippen LogP contribution in [0.25, 0.3) is 16.5 Å². The van der Waals surface area contributed by atoms with Gasteiger partial charge in [-0.15, -0.1) is 0 Å². The van der Waals surface area contributed by atoms with Crippen molar-refractivity contribution in [3.63, 3.8) is 0 Å². The summed E-state index contributed by atoms with van der Waals surface area (Å²) in [4.78, 5) is 15.7. The fourth-order valence-corrected chi connectivity index (χ4v) is 2.68. The molecule has 0 spiro atoms. The second kappa shape index (κ2) is 6.04. The van der Waals surface area contributed by atoms with E-state index in [1.54, 1.807) is 6.20 Å². The van der Waals surface area contributed by atoms with Crippen molar-refractivity contribution in [2.75, 3.05) is 13.2 Å². The van der Waals surface area contributed by atoms with Crippen molar-refractivity contribution in [1.82, 2.24) is 10.3 Å². The number of benzene rings is 1. The summed E-state index contributed by atoms with van der Waals surface area (Å²) in [6.07, 6.45) is 4.57. The van der Waals surface area contributed by atoms with Gasteiger partial charge in [-0.1, -0.05) is 31.5 Å². The van der Waals surface area contributed by atoms with Crippen molar-refractivity contribution >= 4 is 22.4 Å². The highest BCUT2D eigenvalue weighted by atomic mass is 16.5. The lowest BCUT2D eigenvalue weighted by Gasteiger charge is -2.07. The summed E-state index contributed by atoms with van der Waals surface area (Å²) in [6.45, 7) is 3.37. The van der Waals surface area contributed by atoms with E-state index in [-0.39, 0.29) is 5.97 Å². The van der Waals surface area contributed by atoms with E-state index in [0.717, 1.165) is 37.0 Å². The number of hydrogen-bond acceptors (Lipinski definition) is 3. The Morgan fingerprint density at radius 1 is 1.33 bits per heavy atom. The molecule has 0 radical (unpaired) electrons. The Bertz CT molecular complexity index is 685. The Balaban J connectivity index is 1.96. The number of rotatable bonds is 4. The molecule has 3 rings (SSSR count). The van der Waals surface area contributed by atoms with Gasteiger partial charge in [-0.2, -0.15) is 0 Å². The number of esters is 1. The molecule has 0 amide bonds. The van der Waals surface area contributed by atoms with Gasteiger partial charge in [0.25, 0.3) is 0 Å². The van der Waals surface area contributed by atoms with E-state index in [9.17, 15) is 4.79 Å². The van der Waals surface area contributed by atoms with Crippen LogP contribution in [-0.2, 0) is 16.0 Å². The zero-order valence-corrected chi connectivity index (χ0v) is 12.2. The van der Waals surface area contributed by atoms with E-state index in [4.69, 9.17) is 4.74 Å². The molecule has 0 fully saturated rings. The van der Waals surface area contributed by atoms with Crippen molar-refractivity contribution in [2.24, 2.45) is 0 Å². The maximum absolute atomic E-state index is 12.3. The van der Waals surface area contributed by atoms with Crippen molar-refractivity contribution in [2.45, 2.75) is 26.2 Å². The molecule has 1 aliphatic rings. The van der Waals surface area contributed by atoms with E-state index in [1.165, 1.54) is 10.9 Å². The molecule has 2 N–H and O–H groups in total. The van der Waals surface area contributed by atoms with Gasteiger partial charge >= 0.3 is 5.97 Å². The minimum atomic E-state index is -0.259. The summed E-state index contributed by atoms with van der Waals surface area (Å²) in [5, 5.41) is 4.37. The first-order valence-electron chi connectivity index (χ1n) is 7.52. The van der Waals surface area contributed by atoms with E-state index >= 15 is 0 Å². The molecule has 0 aliphatic carbocycles. The molecule has 21 heavy (non-hydrogen) atoms. The molecule has 0 saturated heterocycles. The number of aromatic nitrogens is 1. The molecule has 0 atom stereocenters. The van der Waals surface area contributed by atoms with Gasteiger partial charge in [0.1, 0.15) is 0 Å². The number of ether oxygens (including phenoxy) is 1. The molecular weight excluding hydrogens is 264 g/mol. The fourth-order valence-electron chi connectivity index (χ4n) is 2.68. The van der Waals surface area contributed by atoms with E-state index < -0.39 is 0 Å². The smallest absolute Gasteiger partial charge is 0.341 e. The summed E-state index contributed by atoms with van der Waals surface area (Å²) in [6, 6.07) is 8.16. The van der Waals surface area contributed by atoms with Crippen LogP contribution in [0.15, 0.2) is 30.5 Å². The first-order chi connectivity index (χ1) is 10.3. The highest BCUT2D eigenvalue weighted by Crippen LogP contribution is 2.29. The number of H-pyrrole nitrogens is 1. The predicted molar refractivity (Wildman–Crippen MR) is 83.8 cm³/mol. The normalized spacial score (nSPS) is 14.0. The van der Waals surface area contributed by atoms with Crippen LogP contribution in [0.2, 0.25) is 0 Å². The number of unbranched alkanes of at least 4 members (excludes halogenated alkanes) is 1. The van der Waals surface area contributed by atoms with Crippen LogP contribution in [0.1, 0.15) is 31.0 Å². The van der Waals surface area contributed by atoms with Crippen LogP contribution in [0.3, 0.4) is 0 Å². The Morgan fingerprint density at radius 2 is 2.19 bits per heavy atom. The van der Waals surface area contributed by atoms with Crippen molar-refractivity contribution in [3.8, 4) is 0 Å². The maximum Gasteiger partial charge on any atom is 0.341 e. The summed E-state index contributed by atoms with van der Waals surface area (Å²) in [5.74, 6) is -0.259. The third kappa shape index (κ3) is 2.66. The van der Waals surface area contributed by atoms with Crippen LogP contribution < -0.4 is 5.32 Å². The lowest BCUT2D eigenvalue weighted by atomic mass is 10.0. The van der Waals surface area contributed by atoms with Crippen LogP contribution >= 0.6 is 0 Å². The van der Waals surface area contributed by atoms with Gasteiger partial charge in [0.15, 0.2) is 0 Å². The monoisotopic (exact) mass is 284 g/mol. The number of carbonyl (C=O) groups excluding carboxylic acids is 1. The zero-order chi connectivity index (χ0) is 14.7. The maximum atomic E-state index is 12.3. The largest absolute Gasteiger partial charge is 0.462 e. The van der Waals surface area contributed by atoms with E-state index in [2.05, 4.69) is 23.3 Å². The number of carbonyl (C=O) groups is 1. The van der Waals surface area contributed by atoms with Crippen LogP contribution in [-0.4, -0.2) is 24.1 Å². The molecule has 2 heterocycles. The molecule has 1 aromatic carbocycles. The highest BCUT2D eigenvalue weighted by Gasteiger charge is 2.22. The molecule has 1 aliphatic heterocycles. The minimum absolute atomic E-state index is 0.259. The molecule has 2 aromatic rings. The van der Waals surface area contributed by atoms with Gasteiger partial charge in [-0.05, 0) is 24.5 Å². The number of fused-ring (bicyclic) bond motifs is 3. The van der Waals surface area contributed by atoms with Crippen molar-refractivity contribution < 1.29 is 9.53 Å². The third-order valence-electron chi connectivity index (χ3n) is 3.80. The summed E-state index contributed by atoms with van der Waals surface area (Å²) in [5.41, 5.74) is 3.74. The lowest BCUT2D eigenvalue weighted by Crippen LogP contribution is -2.12. The van der Waals surface area contributed by atoms with Crippen LogP contribution in [0.5, 0.6) is 0 Å². The second-order valence-electron chi connectivity index (χ2n) is 5.28. The topological polar surface area (TPSA) is 54.1 Å². The molecule has 110 valence electrons. The molecule has 0 bridgehead atoms. The number of aromatic amines is 1. The van der Waals surface area contributed by atoms with Gasteiger partial charge in [0.05, 0.1) is 17.9 Å². The SMILES string of the molecule is CCCCOC(=O)C1=CNCCc2c1[nH]c1ccccc21. The lowest BCUT2D eigenvalue weighted by molar-refractivity contribution is -0.136. The first kappa shape index (κ1) is 13.7. The van der Waals surface area contributed by atoms with Gasteiger partial charge in [0.2, 0.25) is 0 Å². The molecule has 1 aromatic heterocycles. The Hall–Kier alpha value is -2.23. The zero-order valence-electron chi connectivity index (χ0n) is 12.2. The first-order valence-corrected chi connectivity index (χ1v) is 7.52. The molecular formula is C17H20N2O2. The van der Waals surface area contributed by atoms with Gasteiger partial charge < -0.3 is 15.0 Å². The Morgan fingerprint density at radius 3 is 3.05 bits per heavy atom. The predicted octanol–water partition coefficient (Wildman–Crippen LogP) is 3.00. The van der Waals surface area contributed by atoms with Crippen molar-refractivity contribution in [1.29, 1.82) is 0 Å². The van der Waals surface area contributed by atoms with Gasteiger partial charge in [-0.25, -0.2) is 4.79 Å². The standard InChI is InChI=1S/C17H20N2O2/c1-2-3-10-21-17(20)14-11-18-9-8-13-12-6-4-5-7-15(12)19-16(13)14/h4-7,11,18-19H,2-3,8-10H2,1H3. The number of nitrogens with one attached hydrogen (secondary N) is 2. The fraction of sp³-hybridized carbons (Fsp3) is 0.353. The third-order valence-corrected chi connectivity index (χ3v) is 3.80. The highest BCUT2D eigenvalue weighted by molar-refractivity contribution is 6.17. The Labute approximate surface area is 124 Å². The molecule has 4 heteroatoms. The number of para-hydroxylation sites is 1. The van der Waals surface area contributed by atoms with Crippen molar-refractivity contribution in [3.05, 3.63) is 41.7 Å². The van der Waals surface area contributed by atoms with Crippen LogP contribution in [0, 0.1) is 0 Å². The molecule has 4 nitrogen and oxygen atoms in total. The summed E-state index contributed by atoms with van der Waals surface area (Å²) in [7, 11) is 0. The molecule has 0 unspecified atom stereocenters. The second-order valence-corrected chi connectivity index (χ2v) is 5.28. The minimum Gasteiger partial charge on any atom is -0.462 e. The van der Waals surface area contributed by atoms with E-state index in [0.29, 0.717) is 12.2 Å². The van der Waals surface area contributed by atoms with E-state index in [1.807, 2.05) is 18.2 Å². The summed E-state index contributed by atoms with van der Waals surface area (Å²) < 4.78 is 5.36. The van der Waals surface area contributed by atoms with Crippen LogP contribution in [0.4, 0.5) is 0 Å². The molecule has 0 saturated carbocycles. The van der Waals surface area contributed by atoms with Gasteiger partial charge in [-0.3, -0.25) is 0 Å².